The van der Waals surface area contributed by atoms with Crippen LogP contribution in [-0.4, -0.2) is 45.7 Å². The van der Waals surface area contributed by atoms with E-state index in [0.29, 0.717) is 22.6 Å². The lowest BCUT2D eigenvalue weighted by atomic mass is 9.85. The number of benzene rings is 1. The Labute approximate surface area is 169 Å². The number of carbonyl (C=O) groups is 1. The van der Waals surface area contributed by atoms with E-state index in [1.54, 1.807) is 16.9 Å². The summed E-state index contributed by atoms with van der Waals surface area (Å²) in [4.78, 5) is 19.2. The molecule has 1 fully saturated rings. The summed E-state index contributed by atoms with van der Waals surface area (Å²) in [6.07, 6.45) is 8.83. The van der Waals surface area contributed by atoms with Gasteiger partial charge in [-0.15, -0.1) is 0 Å². The van der Waals surface area contributed by atoms with Gasteiger partial charge in [-0.2, -0.15) is 5.10 Å². The minimum atomic E-state index is -0.339. The molecule has 3 aromatic rings. The van der Waals surface area contributed by atoms with Crippen LogP contribution in [0.4, 0.5) is 10.2 Å². The summed E-state index contributed by atoms with van der Waals surface area (Å²) in [5.41, 5.74) is 1.59. The second-order valence-electron chi connectivity index (χ2n) is 8.11. The van der Waals surface area contributed by atoms with Gasteiger partial charge in [-0.1, -0.05) is 0 Å². The topological polar surface area (TPSA) is 63.1 Å². The normalized spacial score (nSPS) is 19.6. The summed E-state index contributed by atoms with van der Waals surface area (Å²) in [6.45, 7) is 0. The molecule has 0 atom stereocenters. The Morgan fingerprint density at radius 1 is 1.14 bits per heavy atom. The molecule has 0 unspecified atom stereocenters. The van der Waals surface area contributed by atoms with Crippen molar-refractivity contribution in [2.45, 2.75) is 31.7 Å². The van der Waals surface area contributed by atoms with Crippen LogP contribution < -0.4 is 5.32 Å². The molecule has 7 heteroatoms. The zero-order valence-electron chi connectivity index (χ0n) is 17.0. The molecule has 0 saturated heterocycles. The zero-order chi connectivity index (χ0) is 20.5. The Kier molecular flexibility index (Phi) is 5.32. The van der Waals surface area contributed by atoms with Gasteiger partial charge < -0.3 is 10.2 Å². The van der Waals surface area contributed by atoms with E-state index in [-0.39, 0.29) is 17.6 Å². The largest absolute Gasteiger partial charge is 0.310 e. The lowest BCUT2D eigenvalue weighted by Crippen LogP contribution is -2.35. The average Bonchev–Trinajstić information content (AvgIpc) is 3.14. The number of nitrogens with one attached hydrogen (secondary N) is 1. The van der Waals surface area contributed by atoms with E-state index in [9.17, 15) is 9.18 Å². The van der Waals surface area contributed by atoms with Gasteiger partial charge >= 0.3 is 0 Å². The van der Waals surface area contributed by atoms with Crippen molar-refractivity contribution in [3.63, 3.8) is 0 Å². The molecular formula is C22H26FN5O. The van der Waals surface area contributed by atoms with Crippen LogP contribution in [0.3, 0.4) is 0 Å². The van der Waals surface area contributed by atoms with Crippen LogP contribution >= 0.6 is 0 Å². The van der Waals surface area contributed by atoms with E-state index in [0.717, 1.165) is 36.8 Å². The van der Waals surface area contributed by atoms with Gasteiger partial charge in [-0.05, 0) is 68.9 Å². The first-order valence-corrected chi connectivity index (χ1v) is 9.96. The maximum absolute atomic E-state index is 14.6. The molecule has 152 valence electrons. The number of pyridine rings is 1. The van der Waals surface area contributed by atoms with Gasteiger partial charge in [-0.25, -0.2) is 9.37 Å². The lowest BCUT2D eigenvalue weighted by molar-refractivity contribution is -0.121. The lowest BCUT2D eigenvalue weighted by Gasteiger charge is -2.31. The van der Waals surface area contributed by atoms with Crippen molar-refractivity contribution in [1.29, 1.82) is 0 Å². The molecule has 1 N–H and O–H groups in total. The van der Waals surface area contributed by atoms with Crippen LogP contribution in [0.2, 0.25) is 0 Å². The number of hydrogen-bond donors (Lipinski definition) is 1. The molecule has 29 heavy (non-hydrogen) atoms. The van der Waals surface area contributed by atoms with Crippen LogP contribution in [0.25, 0.3) is 21.9 Å². The standard InChI is InChI=1S/C22H26FN5O/c1-27(2)18-6-4-14(5-7-18)22(29)26-21-10-16-8-15(17-11-25-28(3)13-17)9-20(23)19(16)12-24-21/h8-14,18H,4-7H2,1-3H3,(H,24,26,29). The molecular weight excluding hydrogens is 369 g/mol. The maximum atomic E-state index is 14.6. The highest BCUT2D eigenvalue weighted by atomic mass is 19.1. The molecule has 4 rings (SSSR count). The molecule has 6 nitrogen and oxygen atoms in total. The molecule has 1 aromatic carbocycles. The van der Waals surface area contributed by atoms with E-state index in [4.69, 9.17) is 0 Å². The predicted octanol–water partition coefficient (Wildman–Crippen LogP) is 3.83. The summed E-state index contributed by atoms with van der Waals surface area (Å²) < 4.78 is 16.2. The van der Waals surface area contributed by atoms with Crippen molar-refractivity contribution in [2.75, 3.05) is 19.4 Å². The van der Waals surface area contributed by atoms with E-state index < -0.39 is 0 Å². The number of anilines is 1. The van der Waals surface area contributed by atoms with Crippen molar-refractivity contribution in [2.24, 2.45) is 13.0 Å². The van der Waals surface area contributed by atoms with Crippen LogP contribution in [0, 0.1) is 11.7 Å². The molecule has 1 aliphatic rings. The number of halogens is 1. The molecule has 0 aliphatic heterocycles. The number of fused-ring (bicyclic) bond motifs is 1. The predicted molar refractivity (Wildman–Crippen MR) is 112 cm³/mol. The van der Waals surface area contributed by atoms with Gasteiger partial charge in [-0.3, -0.25) is 9.48 Å². The summed E-state index contributed by atoms with van der Waals surface area (Å²) >= 11 is 0. The monoisotopic (exact) mass is 395 g/mol. The number of nitrogens with zero attached hydrogens (tertiary/aromatic N) is 4. The molecule has 0 spiro atoms. The number of amides is 1. The van der Waals surface area contributed by atoms with Crippen LogP contribution in [0.1, 0.15) is 25.7 Å². The Hall–Kier alpha value is -2.80. The first-order chi connectivity index (χ1) is 13.9. The van der Waals surface area contributed by atoms with Crippen LogP contribution in [0.15, 0.2) is 36.8 Å². The van der Waals surface area contributed by atoms with Gasteiger partial charge in [0.1, 0.15) is 11.6 Å². The molecule has 1 saturated carbocycles. The van der Waals surface area contributed by atoms with Crippen molar-refractivity contribution in [3.05, 3.63) is 42.6 Å². The van der Waals surface area contributed by atoms with Crippen molar-refractivity contribution in [1.82, 2.24) is 19.7 Å². The molecule has 2 aromatic heterocycles. The number of hydrogen-bond acceptors (Lipinski definition) is 4. The summed E-state index contributed by atoms with van der Waals surface area (Å²) in [6, 6.07) is 5.67. The van der Waals surface area contributed by atoms with Gasteiger partial charge in [0.15, 0.2) is 0 Å². The van der Waals surface area contributed by atoms with Gasteiger partial charge in [0.2, 0.25) is 5.91 Å². The Morgan fingerprint density at radius 3 is 2.55 bits per heavy atom. The third-order valence-corrected chi connectivity index (χ3v) is 5.87. The number of aromatic nitrogens is 3. The van der Waals surface area contributed by atoms with E-state index in [1.807, 2.05) is 19.3 Å². The Balaban J connectivity index is 1.53. The first-order valence-electron chi connectivity index (χ1n) is 9.96. The molecule has 1 amide bonds. The van der Waals surface area contributed by atoms with Crippen molar-refractivity contribution >= 4 is 22.5 Å². The molecule has 2 heterocycles. The minimum absolute atomic E-state index is 0.00191. The van der Waals surface area contributed by atoms with Crippen LogP contribution in [-0.2, 0) is 11.8 Å². The first kappa shape index (κ1) is 19.5. The Bertz CT molecular complexity index is 1040. The van der Waals surface area contributed by atoms with Gasteiger partial charge in [0, 0.05) is 42.4 Å². The van der Waals surface area contributed by atoms with Crippen molar-refractivity contribution in [3.8, 4) is 11.1 Å². The summed E-state index contributed by atoms with van der Waals surface area (Å²) in [7, 11) is 6.00. The average molecular weight is 395 g/mol. The zero-order valence-corrected chi connectivity index (χ0v) is 17.0. The fraction of sp³-hybridized carbons (Fsp3) is 0.409. The SMILES string of the molecule is CN(C)C1CCC(C(=O)Nc2cc3cc(-c4cnn(C)c4)cc(F)c3cn2)CC1. The van der Waals surface area contributed by atoms with E-state index in [2.05, 4.69) is 34.4 Å². The highest BCUT2D eigenvalue weighted by Crippen LogP contribution is 2.30. The third-order valence-electron chi connectivity index (χ3n) is 5.87. The second-order valence-corrected chi connectivity index (χ2v) is 8.11. The number of carbonyl (C=O) groups excluding carboxylic acids is 1. The molecule has 1 aliphatic carbocycles. The minimum Gasteiger partial charge on any atom is -0.310 e. The third kappa shape index (κ3) is 4.15. The highest BCUT2D eigenvalue weighted by Gasteiger charge is 2.27. The fourth-order valence-corrected chi connectivity index (χ4v) is 4.10. The molecule has 0 radical (unpaired) electrons. The fourth-order valence-electron chi connectivity index (χ4n) is 4.10. The van der Waals surface area contributed by atoms with E-state index in [1.165, 1.54) is 12.3 Å². The molecule has 0 bridgehead atoms. The summed E-state index contributed by atoms with van der Waals surface area (Å²) in [5, 5.41) is 8.21. The van der Waals surface area contributed by atoms with E-state index >= 15 is 0 Å². The van der Waals surface area contributed by atoms with Crippen molar-refractivity contribution < 1.29 is 9.18 Å². The van der Waals surface area contributed by atoms with Gasteiger partial charge in [0.05, 0.1) is 6.20 Å². The Morgan fingerprint density at radius 2 is 1.90 bits per heavy atom. The highest BCUT2D eigenvalue weighted by molar-refractivity contribution is 5.95. The maximum Gasteiger partial charge on any atom is 0.228 e. The summed E-state index contributed by atoms with van der Waals surface area (Å²) in [5.74, 6) is 0.119. The number of rotatable bonds is 4. The quantitative estimate of drug-likeness (QED) is 0.729. The van der Waals surface area contributed by atoms with Gasteiger partial charge in [0.25, 0.3) is 0 Å². The number of aryl methyl sites for hydroxylation is 1. The second kappa shape index (κ2) is 7.91. The van der Waals surface area contributed by atoms with Crippen LogP contribution in [0.5, 0.6) is 0 Å². The smallest absolute Gasteiger partial charge is 0.228 e.